The summed E-state index contributed by atoms with van der Waals surface area (Å²) >= 11 is 0. The zero-order chi connectivity index (χ0) is 14.4. The number of nitrogens with one attached hydrogen (secondary N) is 2. The first-order chi connectivity index (χ1) is 9.69. The Labute approximate surface area is 122 Å². The van der Waals surface area contributed by atoms with E-state index in [1.807, 2.05) is 13.0 Å². The summed E-state index contributed by atoms with van der Waals surface area (Å²) in [5.74, 6) is 1.43. The topological polar surface area (TPSA) is 71.3 Å². The SMILES string of the molecule is CC[S@](=O)[C@@H]1CCC[C@@H](NC(=O)NCc2ccco2)C1. The molecule has 112 valence electrons. The van der Waals surface area contributed by atoms with Crippen molar-refractivity contribution in [3.8, 4) is 0 Å². The van der Waals surface area contributed by atoms with E-state index in [-0.39, 0.29) is 17.3 Å². The highest BCUT2D eigenvalue weighted by Crippen LogP contribution is 2.22. The lowest BCUT2D eigenvalue weighted by Crippen LogP contribution is -2.45. The lowest BCUT2D eigenvalue weighted by molar-refractivity contribution is 0.231. The molecule has 2 rings (SSSR count). The van der Waals surface area contributed by atoms with Gasteiger partial charge in [0.2, 0.25) is 0 Å². The molecule has 2 amide bonds. The second-order valence-corrected chi connectivity index (χ2v) is 7.07. The van der Waals surface area contributed by atoms with E-state index in [0.717, 1.165) is 31.4 Å². The molecule has 1 aliphatic rings. The minimum atomic E-state index is -0.764. The largest absolute Gasteiger partial charge is 0.467 e. The van der Waals surface area contributed by atoms with Gasteiger partial charge in [-0.2, -0.15) is 0 Å². The van der Waals surface area contributed by atoms with Gasteiger partial charge in [-0.05, 0) is 31.4 Å². The number of amides is 2. The van der Waals surface area contributed by atoms with Crippen molar-refractivity contribution in [1.82, 2.24) is 10.6 Å². The van der Waals surface area contributed by atoms with Crippen LogP contribution in [-0.4, -0.2) is 27.3 Å². The lowest BCUT2D eigenvalue weighted by atomic mass is 9.95. The highest BCUT2D eigenvalue weighted by Gasteiger charge is 2.26. The van der Waals surface area contributed by atoms with Crippen LogP contribution >= 0.6 is 0 Å². The first kappa shape index (κ1) is 15.1. The van der Waals surface area contributed by atoms with Crippen LogP contribution < -0.4 is 10.6 Å². The molecule has 0 bridgehead atoms. The summed E-state index contributed by atoms with van der Waals surface area (Å²) in [6.45, 7) is 2.33. The van der Waals surface area contributed by atoms with E-state index in [0.29, 0.717) is 12.3 Å². The molecular weight excluding hydrogens is 276 g/mol. The normalized spacial score (nSPS) is 24.1. The zero-order valence-electron chi connectivity index (χ0n) is 11.8. The minimum absolute atomic E-state index is 0.126. The number of rotatable bonds is 5. The average Bonchev–Trinajstić information content (AvgIpc) is 2.98. The van der Waals surface area contributed by atoms with Crippen molar-refractivity contribution in [2.75, 3.05) is 5.75 Å². The van der Waals surface area contributed by atoms with Crippen molar-refractivity contribution in [3.63, 3.8) is 0 Å². The first-order valence-electron chi connectivity index (χ1n) is 7.13. The predicted octanol–water partition coefficient (Wildman–Crippen LogP) is 2.16. The van der Waals surface area contributed by atoms with Crippen molar-refractivity contribution in [2.45, 2.75) is 50.4 Å². The van der Waals surface area contributed by atoms with Crippen LogP contribution in [0.25, 0.3) is 0 Å². The van der Waals surface area contributed by atoms with Crippen LogP contribution in [0.4, 0.5) is 4.79 Å². The zero-order valence-corrected chi connectivity index (χ0v) is 12.6. The van der Waals surface area contributed by atoms with Gasteiger partial charge in [-0.1, -0.05) is 13.3 Å². The molecule has 5 nitrogen and oxygen atoms in total. The molecule has 1 saturated carbocycles. The Kier molecular flexibility index (Phi) is 5.64. The standard InChI is InChI=1S/C14H22N2O3S/c1-2-20(18)13-7-3-5-11(9-13)16-14(17)15-10-12-6-4-8-19-12/h4,6,8,11,13H,2-3,5,7,9-10H2,1H3,(H2,15,16,17)/t11-,13-,20+/m1/s1. The van der Waals surface area contributed by atoms with Crippen LogP contribution in [-0.2, 0) is 17.3 Å². The van der Waals surface area contributed by atoms with Gasteiger partial charge < -0.3 is 15.1 Å². The number of hydrogen-bond acceptors (Lipinski definition) is 3. The van der Waals surface area contributed by atoms with E-state index in [2.05, 4.69) is 10.6 Å². The Morgan fingerprint density at radius 3 is 3.05 bits per heavy atom. The molecule has 2 N–H and O–H groups in total. The molecule has 20 heavy (non-hydrogen) atoms. The maximum absolute atomic E-state index is 11.8. The van der Waals surface area contributed by atoms with E-state index < -0.39 is 10.8 Å². The van der Waals surface area contributed by atoms with Gasteiger partial charge in [-0.3, -0.25) is 4.21 Å². The summed E-state index contributed by atoms with van der Waals surface area (Å²) in [6, 6.07) is 3.55. The van der Waals surface area contributed by atoms with E-state index >= 15 is 0 Å². The van der Waals surface area contributed by atoms with Gasteiger partial charge >= 0.3 is 6.03 Å². The van der Waals surface area contributed by atoms with Crippen LogP contribution in [0.3, 0.4) is 0 Å². The summed E-state index contributed by atoms with van der Waals surface area (Å²) in [5, 5.41) is 5.96. The molecular formula is C14H22N2O3S. The molecule has 1 aromatic heterocycles. The molecule has 6 heteroatoms. The number of carbonyl (C=O) groups excluding carboxylic acids is 1. The van der Waals surface area contributed by atoms with Crippen molar-refractivity contribution in [3.05, 3.63) is 24.2 Å². The fourth-order valence-electron chi connectivity index (χ4n) is 2.57. The number of urea groups is 1. The quantitative estimate of drug-likeness (QED) is 0.875. The molecule has 0 aromatic carbocycles. The van der Waals surface area contributed by atoms with Crippen molar-refractivity contribution in [1.29, 1.82) is 0 Å². The van der Waals surface area contributed by atoms with Crippen LogP contribution in [0, 0.1) is 0 Å². The summed E-state index contributed by atoms with van der Waals surface area (Å²) in [6.07, 6.45) is 5.40. The second-order valence-electron chi connectivity index (χ2n) is 5.06. The van der Waals surface area contributed by atoms with E-state index in [1.54, 1.807) is 12.3 Å². The fraction of sp³-hybridized carbons (Fsp3) is 0.643. The van der Waals surface area contributed by atoms with Gasteiger partial charge in [0.05, 0.1) is 12.8 Å². The maximum atomic E-state index is 11.8. The molecule has 0 saturated heterocycles. The molecule has 1 aromatic rings. The number of carbonyl (C=O) groups is 1. The smallest absolute Gasteiger partial charge is 0.315 e. The van der Waals surface area contributed by atoms with Crippen LogP contribution in [0.5, 0.6) is 0 Å². The first-order valence-corrected chi connectivity index (χ1v) is 8.51. The van der Waals surface area contributed by atoms with Crippen molar-refractivity contribution >= 4 is 16.8 Å². The third-order valence-electron chi connectivity index (χ3n) is 3.62. The average molecular weight is 298 g/mol. The molecule has 1 aliphatic carbocycles. The summed E-state index contributed by atoms with van der Waals surface area (Å²) in [5.41, 5.74) is 0. The van der Waals surface area contributed by atoms with E-state index in [4.69, 9.17) is 4.42 Å². The highest BCUT2D eigenvalue weighted by atomic mass is 32.2. The summed E-state index contributed by atoms with van der Waals surface area (Å²) in [7, 11) is -0.764. The molecule has 0 spiro atoms. The van der Waals surface area contributed by atoms with Gasteiger partial charge in [-0.25, -0.2) is 4.79 Å². The van der Waals surface area contributed by atoms with E-state index in [1.165, 1.54) is 0 Å². The highest BCUT2D eigenvalue weighted by molar-refractivity contribution is 7.85. The van der Waals surface area contributed by atoms with Crippen molar-refractivity contribution in [2.24, 2.45) is 0 Å². The van der Waals surface area contributed by atoms with Gasteiger partial charge in [0.25, 0.3) is 0 Å². The Hall–Kier alpha value is -1.30. The monoisotopic (exact) mass is 298 g/mol. The van der Waals surface area contributed by atoms with Crippen LogP contribution in [0.1, 0.15) is 38.4 Å². The molecule has 0 aliphatic heterocycles. The maximum Gasteiger partial charge on any atom is 0.315 e. The van der Waals surface area contributed by atoms with Crippen LogP contribution in [0.15, 0.2) is 22.8 Å². The Bertz CT molecular complexity index is 447. The number of furan rings is 1. The Morgan fingerprint density at radius 1 is 1.50 bits per heavy atom. The molecule has 3 atom stereocenters. The molecule has 1 fully saturated rings. The summed E-state index contributed by atoms with van der Waals surface area (Å²) < 4.78 is 17.0. The lowest BCUT2D eigenvalue weighted by Gasteiger charge is -2.29. The van der Waals surface area contributed by atoms with Gasteiger partial charge in [0.1, 0.15) is 5.76 Å². The fourth-order valence-corrected chi connectivity index (χ4v) is 3.92. The van der Waals surface area contributed by atoms with Crippen molar-refractivity contribution < 1.29 is 13.4 Å². The molecule has 0 radical (unpaired) electrons. The number of hydrogen-bond donors (Lipinski definition) is 2. The second kappa shape index (κ2) is 7.47. The molecule has 0 unspecified atom stereocenters. The van der Waals surface area contributed by atoms with Gasteiger partial charge in [0.15, 0.2) is 0 Å². The third kappa shape index (κ3) is 4.37. The van der Waals surface area contributed by atoms with E-state index in [9.17, 15) is 9.00 Å². The molecule has 1 heterocycles. The third-order valence-corrected chi connectivity index (χ3v) is 5.36. The summed E-state index contributed by atoms with van der Waals surface area (Å²) in [4.78, 5) is 11.8. The Balaban J connectivity index is 1.74. The van der Waals surface area contributed by atoms with Gasteiger partial charge in [0, 0.05) is 27.8 Å². The predicted molar refractivity (Wildman–Crippen MR) is 78.8 cm³/mol. The van der Waals surface area contributed by atoms with Gasteiger partial charge in [-0.15, -0.1) is 0 Å². The minimum Gasteiger partial charge on any atom is -0.467 e. The van der Waals surface area contributed by atoms with Crippen LogP contribution in [0.2, 0.25) is 0 Å². The Morgan fingerprint density at radius 2 is 2.35 bits per heavy atom.